The molecule has 4 rings (SSSR count). The molecule has 1 saturated carbocycles. The zero-order valence-corrected chi connectivity index (χ0v) is 24.1. The van der Waals surface area contributed by atoms with Crippen LogP contribution in [0.1, 0.15) is 54.9 Å². The third kappa shape index (κ3) is 8.19. The third-order valence-electron chi connectivity index (χ3n) is 7.75. The lowest BCUT2D eigenvalue weighted by Crippen LogP contribution is -2.44. The van der Waals surface area contributed by atoms with Gasteiger partial charge in [-0.25, -0.2) is 0 Å². The molecule has 2 aromatic carbocycles. The quantitative estimate of drug-likeness (QED) is 0.329. The van der Waals surface area contributed by atoms with Gasteiger partial charge in [0.1, 0.15) is 5.75 Å². The second kappa shape index (κ2) is 14.1. The van der Waals surface area contributed by atoms with Crippen LogP contribution in [-0.4, -0.2) is 69.3 Å². The van der Waals surface area contributed by atoms with Crippen molar-refractivity contribution >= 4 is 23.4 Å². The maximum absolute atomic E-state index is 13.7. The van der Waals surface area contributed by atoms with Gasteiger partial charge < -0.3 is 25.0 Å². The minimum Gasteiger partial charge on any atom is -0.493 e. The Bertz CT molecular complexity index is 1090. The Hall–Kier alpha value is -2.61. The van der Waals surface area contributed by atoms with E-state index in [4.69, 9.17) is 21.1 Å². The zero-order valence-electron chi connectivity index (χ0n) is 23.3. The average Bonchev–Trinajstić information content (AvgIpc) is 3.65. The van der Waals surface area contributed by atoms with Gasteiger partial charge in [0.25, 0.3) is 5.91 Å². The molecule has 0 spiro atoms. The second-order valence-corrected chi connectivity index (χ2v) is 11.5. The Labute approximate surface area is 237 Å². The first-order chi connectivity index (χ1) is 18.9. The van der Waals surface area contributed by atoms with Crippen molar-refractivity contribution in [2.24, 2.45) is 17.8 Å². The van der Waals surface area contributed by atoms with Crippen molar-refractivity contribution in [3.8, 4) is 5.75 Å². The molecule has 3 atom stereocenters. The molecule has 212 valence electrons. The number of halogens is 1. The number of nitrogens with one attached hydrogen (secondary N) is 2. The van der Waals surface area contributed by atoms with E-state index in [1.54, 1.807) is 25.3 Å². The van der Waals surface area contributed by atoms with E-state index in [9.17, 15) is 9.59 Å². The van der Waals surface area contributed by atoms with Gasteiger partial charge >= 0.3 is 0 Å². The molecule has 2 aromatic rings. The molecule has 1 heterocycles. The van der Waals surface area contributed by atoms with Gasteiger partial charge in [0.2, 0.25) is 5.91 Å². The average molecular weight is 556 g/mol. The number of amides is 2. The molecular weight excluding hydrogens is 514 g/mol. The largest absolute Gasteiger partial charge is 0.493 e. The lowest BCUT2D eigenvalue weighted by atomic mass is 9.91. The van der Waals surface area contributed by atoms with E-state index in [1.807, 2.05) is 36.9 Å². The number of carbonyl (C=O) groups excluding carboxylic acids is 2. The first-order valence-electron chi connectivity index (χ1n) is 14.1. The minimum absolute atomic E-state index is 0.00993. The molecule has 8 heteroatoms. The highest BCUT2D eigenvalue weighted by Gasteiger charge is 2.38. The van der Waals surface area contributed by atoms with E-state index >= 15 is 0 Å². The third-order valence-corrected chi connectivity index (χ3v) is 7.97. The molecule has 2 aliphatic rings. The molecule has 0 bridgehead atoms. The maximum Gasteiger partial charge on any atom is 0.254 e. The van der Waals surface area contributed by atoms with Crippen LogP contribution in [0.4, 0.5) is 0 Å². The lowest BCUT2D eigenvalue weighted by Gasteiger charge is -2.32. The Morgan fingerprint density at radius 1 is 1.08 bits per heavy atom. The summed E-state index contributed by atoms with van der Waals surface area (Å²) in [5, 5.41) is 7.20. The van der Waals surface area contributed by atoms with Crippen molar-refractivity contribution in [1.29, 1.82) is 0 Å². The number of carbonyl (C=O) groups is 2. The van der Waals surface area contributed by atoms with Crippen LogP contribution >= 0.6 is 11.6 Å². The van der Waals surface area contributed by atoms with Gasteiger partial charge in [0.15, 0.2) is 0 Å². The van der Waals surface area contributed by atoms with Crippen LogP contribution in [0.3, 0.4) is 0 Å². The summed E-state index contributed by atoms with van der Waals surface area (Å²) in [5.74, 6) is 1.46. The number of nitrogens with zero attached hydrogens (tertiary/aromatic N) is 1. The van der Waals surface area contributed by atoms with Crippen LogP contribution in [0.5, 0.6) is 5.75 Å². The molecular formula is C31H42ClN3O4. The van der Waals surface area contributed by atoms with Gasteiger partial charge in [-0.05, 0) is 68.2 Å². The fourth-order valence-electron chi connectivity index (χ4n) is 5.42. The number of hydrogen-bond donors (Lipinski definition) is 2. The summed E-state index contributed by atoms with van der Waals surface area (Å²) in [4.78, 5) is 28.8. The predicted octanol–water partition coefficient (Wildman–Crippen LogP) is 4.75. The van der Waals surface area contributed by atoms with Gasteiger partial charge in [0.05, 0.1) is 12.5 Å². The van der Waals surface area contributed by atoms with E-state index in [1.165, 1.54) is 0 Å². The van der Waals surface area contributed by atoms with Crippen molar-refractivity contribution in [3.63, 3.8) is 0 Å². The molecule has 0 radical (unpaired) electrons. The predicted molar refractivity (Wildman–Crippen MR) is 154 cm³/mol. The first kappa shape index (κ1) is 29.4. The Morgan fingerprint density at radius 3 is 2.51 bits per heavy atom. The molecule has 7 nitrogen and oxygen atoms in total. The van der Waals surface area contributed by atoms with E-state index < -0.39 is 0 Å². The maximum atomic E-state index is 13.7. The fraction of sp³-hybridized carbons (Fsp3) is 0.548. The van der Waals surface area contributed by atoms with Gasteiger partial charge in [-0.15, -0.1) is 0 Å². The highest BCUT2D eigenvalue weighted by atomic mass is 35.5. The lowest BCUT2D eigenvalue weighted by molar-refractivity contribution is -0.123. The fourth-order valence-corrected chi connectivity index (χ4v) is 5.64. The SMILES string of the molecule is COCCCOc1cc(Cl)cc(C(=O)N(C[C@@H]2CNC[C@H]2CNC(=O)C(c2ccccc2)C2CC2)C(C)C)c1. The molecule has 1 unspecified atom stereocenters. The molecule has 2 N–H and O–H groups in total. The van der Waals surface area contributed by atoms with Crippen LogP contribution in [0, 0.1) is 17.8 Å². The van der Waals surface area contributed by atoms with Crippen molar-refractivity contribution < 1.29 is 19.1 Å². The summed E-state index contributed by atoms with van der Waals surface area (Å²) < 4.78 is 10.9. The van der Waals surface area contributed by atoms with E-state index in [0.717, 1.165) is 37.9 Å². The summed E-state index contributed by atoms with van der Waals surface area (Å²) >= 11 is 6.35. The van der Waals surface area contributed by atoms with Crippen LogP contribution in [0.15, 0.2) is 48.5 Å². The van der Waals surface area contributed by atoms with Gasteiger partial charge in [-0.1, -0.05) is 41.9 Å². The Morgan fingerprint density at radius 2 is 1.82 bits per heavy atom. The van der Waals surface area contributed by atoms with Crippen molar-refractivity contribution in [2.45, 2.75) is 45.1 Å². The Balaban J connectivity index is 1.38. The number of hydrogen-bond acceptors (Lipinski definition) is 5. The molecule has 39 heavy (non-hydrogen) atoms. The summed E-state index contributed by atoms with van der Waals surface area (Å²) in [5.41, 5.74) is 1.61. The monoisotopic (exact) mass is 555 g/mol. The molecule has 2 fully saturated rings. The summed E-state index contributed by atoms with van der Waals surface area (Å²) in [6.45, 7) is 8.00. The Kier molecular flexibility index (Phi) is 10.7. The number of benzene rings is 2. The summed E-state index contributed by atoms with van der Waals surface area (Å²) in [6.07, 6.45) is 2.97. The molecule has 1 aliphatic carbocycles. The van der Waals surface area contributed by atoms with Crippen LogP contribution in [-0.2, 0) is 9.53 Å². The van der Waals surface area contributed by atoms with Crippen molar-refractivity contribution in [2.75, 3.05) is 46.5 Å². The number of methoxy groups -OCH3 is 1. The summed E-state index contributed by atoms with van der Waals surface area (Å²) in [7, 11) is 1.66. The first-order valence-corrected chi connectivity index (χ1v) is 14.5. The topological polar surface area (TPSA) is 79.9 Å². The standard InChI is InChI=1S/C31H42ClN3O4/c1-21(2)35(31(37)24-14-27(32)16-28(15-24)39-13-7-12-38-3)20-26-18-33-17-25(26)19-34-30(36)29(23-10-11-23)22-8-5-4-6-9-22/h4-6,8-9,14-16,21,23,25-26,29,33H,7,10-13,17-20H2,1-3H3,(H,34,36)/t25-,26-,29?/m0/s1. The molecule has 0 aromatic heterocycles. The molecule has 2 amide bonds. The van der Waals surface area contributed by atoms with E-state index in [0.29, 0.717) is 48.6 Å². The van der Waals surface area contributed by atoms with Crippen molar-refractivity contribution in [3.05, 3.63) is 64.7 Å². The molecule has 1 saturated heterocycles. The smallest absolute Gasteiger partial charge is 0.254 e. The molecule has 1 aliphatic heterocycles. The van der Waals surface area contributed by atoms with Crippen LogP contribution < -0.4 is 15.4 Å². The highest BCUT2D eigenvalue weighted by Crippen LogP contribution is 2.42. The highest BCUT2D eigenvalue weighted by molar-refractivity contribution is 6.31. The van der Waals surface area contributed by atoms with Crippen LogP contribution in [0.25, 0.3) is 0 Å². The zero-order chi connectivity index (χ0) is 27.8. The minimum atomic E-state index is -0.0819. The van der Waals surface area contributed by atoms with Gasteiger partial charge in [-0.2, -0.15) is 0 Å². The number of ether oxygens (including phenoxy) is 2. The van der Waals surface area contributed by atoms with Gasteiger partial charge in [0, 0.05) is 62.9 Å². The number of rotatable bonds is 14. The normalized spacial score (nSPS) is 19.6. The van der Waals surface area contributed by atoms with Crippen molar-refractivity contribution in [1.82, 2.24) is 15.5 Å². The van der Waals surface area contributed by atoms with Gasteiger partial charge in [-0.3, -0.25) is 9.59 Å². The van der Waals surface area contributed by atoms with E-state index in [-0.39, 0.29) is 35.6 Å². The van der Waals surface area contributed by atoms with E-state index in [2.05, 4.69) is 22.8 Å². The summed E-state index contributed by atoms with van der Waals surface area (Å²) in [6, 6.07) is 15.3. The second-order valence-electron chi connectivity index (χ2n) is 11.1. The van der Waals surface area contributed by atoms with Crippen LogP contribution in [0.2, 0.25) is 5.02 Å².